The van der Waals surface area contributed by atoms with Gasteiger partial charge in [0.1, 0.15) is 0 Å². The van der Waals surface area contributed by atoms with Crippen molar-refractivity contribution in [3.63, 3.8) is 0 Å². The molecule has 0 saturated heterocycles. The summed E-state index contributed by atoms with van der Waals surface area (Å²) in [5.41, 5.74) is -3.98. The molecule has 9 heteroatoms. The van der Waals surface area contributed by atoms with Gasteiger partial charge in [-0.2, -0.15) is 38.3 Å². The lowest BCUT2D eigenvalue weighted by atomic mass is 9.84. The molecule has 0 amide bonds. The lowest BCUT2D eigenvalue weighted by molar-refractivity contribution is 0.246. The molecule has 0 aromatic heterocycles. The van der Waals surface area contributed by atoms with E-state index in [-0.39, 0.29) is 11.1 Å². The summed E-state index contributed by atoms with van der Waals surface area (Å²) >= 11 is 0. The first-order valence-corrected chi connectivity index (χ1v) is 11.5. The molecule has 0 atom stereocenters. The van der Waals surface area contributed by atoms with Gasteiger partial charge in [-0.15, -0.1) is 0 Å². The van der Waals surface area contributed by atoms with Gasteiger partial charge in [0.05, 0.1) is 33.2 Å². The highest BCUT2D eigenvalue weighted by Gasteiger charge is 2.45. The Morgan fingerprint density at radius 2 is 0.724 bits per heavy atom. The average Bonchev–Trinajstić information content (AvgIpc) is 2.39. The molecule has 0 heterocycles. The van der Waals surface area contributed by atoms with Gasteiger partial charge in [0.2, 0.25) is 0 Å². The van der Waals surface area contributed by atoms with Gasteiger partial charge in [-0.1, -0.05) is 0 Å². The van der Waals surface area contributed by atoms with Gasteiger partial charge < -0.3 is 0 Å². The fourth-order valence-electron chi connectivity index (χ4n) is 1.75. The molecule has 0 saturated carbocycles. The fourth-order valence-corrected chi connectivity index (χ4v) is 3.64. The summed E-state index contributed by atoms with van der Waals surface area (Å²) in [4.78, 5) is 0. The van der Waals surface area contributed by atoms with E-state index in [1.807, 2.05) is 69.2 Å². The van der Waals surface area contributed by atoms with Crippen LogP contribution >= 0.6 is 0 Å². The molecule has 0 aromatic rings. The van der Waals surface area contributed by atoms with E-state index in [9.17, 15) is 8.42 Å². The first-order chi connectivity index (χ1) is 12.3. The summed E-state index contributed by atoms with van der Waals surface area (Å²) < 4.78 is 31.5. The van der Waals surface area contributed by atoms with E-state index in [1.165, 1.54) is 0 Å². The molecule has 29 heavy (non-hydrogen) atoms. The molecule has 0 aliphatic heterocycles. The SMILES string of the molecule is CC(C)(C)N=NC(C)(C)C(C)(C)NS(=O)(=O)NC(C)(C)C(C)(C)N=NC(C)(C)C. The Balaban J connectivity index is 5.65. The molecule has 0 unspecified atom stereocenters. The van der Waals surface area contributed by atoms with E-state index >= 15 is 0 Å². The van der Waals surface area contributed by atoms with E-state index in [2.05, 4.69) is 29.9 Å². The zero-order chi connectivity index (χ0) is 23.7. The van der Waals surface area contributed by atoms with Crippen molar-refractivity contribution in [3.05, 3.63) is 0 Å². The Labute approximate surface area is 179 Å². The molecule has 2 N–H and O–H groups in total. The van der Waals surface area contributed by atoms with Gasteiger partial charge in [-0.25, -0.2) is 0 Å². The third-order valence-electron chi connectivity index (χ3n) is 5.04. The second-order valence-electron chi connectivity index (χ2n) is 11.8. The maximum Gasteiger partial charge on any atom is 0.278 e. The number of rotatable bonds is 8. The summed E-state index contributed by atoms with van der Waals surface area (Å²) in [5, 5.41) is 17.5. The van der Waals surface area contributed by atoms with E-state index in [0.717, 1.165) is 0 Å². The van der Waals surface area contributed by atoms with Crippen LogP contribution in [0, 0.1) is 0 Å². The van der Waals surface area contributed by atoms with Crippen LogP contribution in [0.3, 0.4) is 0 Å². The molecule has 0 aliphatic rings. The van der Waals surface area contributed by atoms with Gasteiger partial charge in [0.15, 0.2) is 0 Å². The van der Waals surface area contributed by atoms with Gasteiger partial charge in [0.25, 0.3) is 10.2 Å². The molecule has 0 radical (unpaired) electrons. The van der Waals surface area contributed by atoms with E-state index < -0.39 is 32.4 Å². The second-order valence-corrected chi connectivity index (χ2v) is 13.2. The highest BCUT2D eigenvalue weighted by atomic mass is 32.2. The number of hydrogen-bond donors (Lipinski definition) is 2. The monoisotopic (exact) mass is 432 g/mol. The normalized spacial score (nSPS) is 16.2. The Bertz CT molecular complexity index is 665. The van der Waals surface area contributed by atoms with Crippen molar-refractivity contribution in [1.82, 2.24) is 9.44 Å². The van der Waals surface area contributed by atoms with Crippen LogP contribution in [-0.2, 0) is 10.2 Å². The third kappa shape index (κ3) is 9.17. The van der Waals surface area contributed by atoms with Crippen LogP contribution in [0.25, 0.3) is 0 Å². The summed E-state index contributed by atoms with van der Waals surface area (Å²) in [6.45, 7) is 26.3. The van der Waals surface area contributed by atoms with Gasteiger partial charge in [-0.05, 0) is 96.9 Å². The minimum atomic E-state index is -3.87. The van der Waals surface area contributed by atoms with Crippen molar-refractivity contribution in [2.45, 2.75) is 130 Å². The molecule has 0 bridgehead atoms. The van der Waals surface area contributed by atoms with Crippen molar-refractivity contribution in [1.29, 1.82) is 0 Å². The number of nitrogens with one attached hydrogen (secondary N) is 2. The third-order valence-corrected chi connectivity index (χ3v) is 6.60. The van der Waals surface area contributed by atoms with Crippen LogP contribution < -0.4 is 9.44 Å². The average molecular weight is 433 g/mol. The Morgan fingerprint density at radius 1 is 0.483 bits per heavy atom. The van der Waals surface area contributed by atoms with Crippen LogP contribution in [0.4, 0.5) is 0 Å². The molecule has 172 valence electrons. The Hall–Kier alpha value is -0.930. The van der Waals surface area contributed by atoms with Crippen molar-refractivity contribution >= 4 is 10.2 Å². The maximum atomic E-state index is 13.0. The van der Waals surface area contributed by atoms with Crippen molar-refractivity contribution < 1.29 is 8.42 Å². The fraction of sp³-hybridized carbons (Fsp3) is 1.00. The zero-order valence-corrected chi connectivity index (χ0v) is 21.8. The van der Waals surface area contributed by atoms with E-state index in [4.69, 9.17) is 0 Å². The zero-order valence-electron chi connectivity index (χ0n) is 21.0. The largest absolute Gasteiger partial charge is 0.278 e. The molecule has 8 nitrogen and oxygen atoms in total. The highest BCUT2D eigenvalue weighted by Crippen LogP contribution is 2.30. The molecule has 0 fully saturated rings. The minimum Gasteiger partial charge on any atom is -0.195 e. The lowest BCUT2D eigenvalue weighted by Gasteiger charge is -2.42. The Kier molecular flexibility index (Phi) is 8.04. The molecule has 0 spiro atoms. The first-order valence-electron chi connectivity index (χ1n) is 10.0. The minimum absolute atomic E-state index is 0.339. The van der Waals surface area contributed by atoms with Gasteiger partial charge in [0, 0.05) is 0 Å². The smallest absolute Gasteiger partial charge is 0.195 e. The molecule has 0 aliphatic carbocycles. The standard InChI is InChI=1S/C20H44N6O2S/c1-15(2,3)21-23-17(7,8)19(11,12)25-29(27,28)26-20(13,14)18(9,10)24-22-16(4,5)6/h25-26H,1-14H3. The molecular weight excluding hydrogens is 388 g/mol. The maximum absolute atomic E-state index is 13.0. The summed E-state index contributed by atoms with van der Waals surface area (Å²) in [5.74, 6) is 0. The molecular formula is C20H44N6O2S. The van der Waals surface area contributed by atoms with Crippen LogP contribution in [0.5, 0.6) is 0 Å². The molecule has 0 rings (SSSR count). The van der Waals surface area contributed by atoms with Crippen molar-refractivity contribution in [3.8, 4) is 0 Å². The van der Waals surface area contributed by atoms with Crippen LogP contribution in [0.1, 0.15) is 96.9 Å². The van der Waals surface area contributed by atoms with Crippen LogP contribution in [-0.4, -0.2) is 41.7 Å². The van der Waals surface area contributed by atoms with Crippen LogP contribution in [0.15, 0.2) is 20.5 Å². The molecule has 0 aromatic carbocycles. The Morgan fingerprint density at radius 3 is 0.931 bits per heavy atom. The second kappa shape index (κ2) is 8.30. The first kappa shape index (κ1) is 28.1. The topological polar surface area (TPSA) is 108 Å². The predicted octanol–water partition coefficient (Wildman–Crippen LogP) is 5.03. The van der Waals surface area contributed by atoms with E-state index in [1.54, 1.807) is 27.7 Å². The summed E-state index contributed by atoms with van der Waals surface area (Å²) in [6.07, 6.45) is 0. The lowest BCUT2D eigenvalue weighted by Crippen LogP contribution is -2.64. The predicted molar refractivity (Wildman–Crippen MR) is 121 cm³/mol. The van der Waals surface area contributed by atoms with Crippen LogP contribution in [0.2, 0.25) is 0 Å². The number of azo groups is 2. The van der Waals surface area contributed by atoms with Crippen molar-refractivity contribution in [2.75, 3.05) is 0 Å². The highest BCUT2D eigenvalue weighted by molar-refractivity contribution is 7.87. The summed E-state index contributed by atoms with van der Waals surface area (Å²) in [7, 11) is -3.87. The number of nitrogens with zero attached hydrogens (tertiary/aromatic N) is 4. The van der Waals surface area contributed by atoms with Crippen molar-refractivity contribution in [2.24, 2.45) is 20.5 Å². The number of hydrogen-bond acceptors (Lipinski definition) is 6. The van der Waals surface area contributed by atoms with Gasteiger partial charge in [-0.3, -0.25) is 0 Å². The quantitative estimate of drug-likeness (QED) is 0.525. The van der Waals surface area contributed by atoms with E-state index in [0.29, 0.717) is 0 Å². The van der Waals surface area contributed by atoms with Gasteiger partial charge >= 0.3 is 0 Å². The summed E-state index contributed by atoms with van der Waals surface area (Å²) in [6, 6.07) is 0.